The zero-order valence-corrected chi connectivity index (χ0v) is 22.8. The molecule has 195 valence electrons. The largest absolute Gasteiger partial charge is 0.339 e. The molecule has 5 heteroatoms. The molecule has 1 N–H and O–H groups in total. The van der Waals surface area contributed by atoms with E-state index in [2.05, 4.69) is 19.2 Å². The van der Waals surface area contributed by atoms with Crippen molar-refractivity contribution in [1.29, 1.82) is 0 Å². The summed E-state index contributed by atoms with van der Waals surface area (Å²) in [6, 6.07) is 5.75. The molecule has 1 aromatic rings. The lowest BCUT2D eigenvalue weighted by Gasteiger charge is -2.24. The van der Waals surface area contributed by atoms with Crippen molar-refractivity contribution in [3.63, 3.8) is 0 Å². The van der Waals surface area contributed by atoms with Gasteiger partial charge in [-0.2, -0.15) is 0 Å². The van der Waals surface area contributed by atoms with Gasteiger partial charge in [0, 0.05) is 23.7 Å². The van der Waals surface area contributed by atoms with Gasteiger partial charge in [-0.1, -0.05) is 82.9 Å². The molecule has 1 aromatic carbocycles. The Morgan fingerprint density at radius 1 is 0.794 bits per heavy atom. The van der Waals surface area contributed by atoms with Crippen molar-refractivity contribution in [3.8, 4) is 0 Å². The maximum absolute atomic E-state index is 13.5. The standard InChI is InChI=1S/C29H50ClN2O2/c1-3-5-7-13-20-31-21-14-9-10-15-23-32(22-6-4-2)29(34)28-25-27(30)19-18-26(28)17-12-8-11-16-24-33/h18-19,25,31H,3-17,20-24H2,1-2H3. The first kappa shape index (κ1) is 30.9. The molecule has 0 saturated heterocycles. The lowest BCUT2D eigenvalue weighted by molar-refractivity contribution is 0.0749. The first-order valence-electron chi connectivity index (χ1n) is 14.0. The van der Waals surface area contributed by atoms with Crippen LogP contribution in [0.25, 0.3) is 0 Å². The fraction of sp³-hybridized carbons (Fsp3) is 0.759. The van der Waals surface area contributed by atoms with E-state index >= 15 is 0 Å². The molecule has 0 spiro atoms. The van der Waals surface area contributed by atoms with Crippen molar-refractivity contribution in [2.45, 2.75) is 110 Å². The molecular formula is C29H50ClN2O2. The lowest BCUT2D eigenvalue weighted by atomic mass is 9.99. The van der Waals surface area contributed by atoms with Crippen LogP contribution in [0.1, 0.15) is 120 Å². The Hall–Kier alpha value is -1.10. The Bertz CT molecular complexity index is 639. The zero-order valence-electron chi connectivity index (χ0n) is 22.0. The van der Waals surface area contributed by atoms with E-state index in [0.29, 0.717) is 5.02 Å². The minimum absolute atomic E-state index is 0.00658. The molecule has 0 heterocycles. The molecule has 1 radical (unpaired) electrons. The third-order valence-corrected chi connectivity index (χ3v) is 6.69. The number of nitrogens with one attached hydrogen (secondary N) is 1. The summed E-state index contributed by atoms with van der Waals surface area (Å²) in [6.45, 7) is 8.30. The number of amides is 1. The highest BCUT2D eigenvalue weighted by molar-refractivity contribution is 6.31. The van der Waals surface area contributed by atoms with E-state index in [9.17, 15) is 9.90 Å². The van der Waals surface area contributed by atoms with E-state index in [1.807, 2.05) is 23.1 Å². The second-order valence-corrected chi connectivity index (χ2v) is 9.98. The third-order valence-electron chi connectivity index (χ3n) is 6.45. The van der Waals surface area contributed by atoms with Crippen LogP contribution in [0, 0.1) is 0 Å². The second kappa shape index (κ2) is 21.2. The Kier molecular flexibility index (Phi) is 19.3. The van der Waals surface area contributed by atoms with Gasteiger partial charge in [-0.05, 0) is 75.7 Å². The Morgan fingerprint density at radius 3 is 2.12 bits per heavy atom. The summed E-state index contributed by atoms with van der Waals surface area (Å²) in [6.07, 6.45) is 16.6. The van der Waals surface area contributed by atoms with E-state index < -0.39 is 0 Å². The SMILES string of the molecule is CCCCCCNCCCCCCN(CCCC)C(=O)c1cc(Cl)ccc1CCCCCC[O]. The van der Waals surface area contributed by atoms with Gasteiger partial charge in [0.2, 0.25) is 0 Å². The third kappa shape index (κ3) is 14.3. The number of nitrogens with zero attached hydrogens (tertiary/aromatic N) is 1. The van der Waals surface area contributed by atoms with Gasteiger partial charge >= 0.3 is 0 Å². The molecule has 1 amide bonds. The zero-order chi connectivity index (χ0) is 24.9. The van der Waals surface area contributed by atoms with Gasteiger partial charge < -0.3 is 10.2 Å². The molecule has 0 bridgehead atoms. The number of hydrogen-bond acceptors (Lipinski definition) is 2. The molecule has 1 rings (SSSR count). The van der Waals surface area contributed by atoms with Crippen molar-refractivity contribution in [2.75, 3.05) is 32.8 Å². The monoisotopic (exact) mass is 493 g/mol. The number of aryl methyl sites for hydroxylation is 1. The quantitative estimate of drug-likeness (QED) is 0.167. The van der Waals surface area contributed by atoms with Crippen LogP contribution in [0.5, 0.6) is 0 Å². The number of benzene rings is 1. The van der Waals surface area contributed by atoms with E-state index in [-0.39, 0.29) is 12.5 Å². The lowest BCUT2D eigenvalue weighted by Crippen LogP contribution is -2.33. The van der Waals surface area contributed by atoms with Crippen molar-refractivity contribution in [2.24, 2.45) is 0 Å². The molecule has 0 atom stereocenters. The smallest absolute Gasteiger partial charge is 0.254 e. The summed E-state index contributed by atoms with van der Waals surface area (Å²) in [5.41, 5.74) is 1.85. The molecule has 0 aliphatic heterocycles. The van der Waals surface area contributed by atoms with E-state index in [1.54, 1.807) is 0 Å². The van der Waals surface area contributed by atoms with Crippen molar-refractivity contribution >= 4 is 17.5 Å². The molecule has 34 heavy (non-hydrogen) atoms. The van der Waals surface area contributed by atoms with Gasteiger partial charge in [-0.25, -0.2) is 5.11 Å². The van der Waals surface area contributed by atoms with Crippen LogP contribution in [-0.2, 0) is 11.5 Å². The highest BCUT2D eigenvalue weighted by Gasteiger charge is 2.19. The van der Waals surface area contributed by atoms with Crippen molar-refractivity contribution in [1.82, 2.24) is 10.2 Å². The molecule has 0 fully saturated rings. The average Bonchev–Trinajstić information content (AvgIpc) is 2.84. The Labute approximate surface area is 214 Å². The minimum Gasteiger partial charge on any atom is -0.339 e. The van der Waals surface area contributed by atoms with Gasteiger partial charge in [-0.15, -0.1) is 0 Å². The highest BCUT2D eigenvalue weighted by atomic mass is 35.5. The van der Waals surface area contributed by atoms with Gasteiger partial charge in [0.05, 0.1) is 6.61 Å². The summed E-state index contributed by atoms with van der Waals surface area (Å²) in [4.78, 5) is 15.5. The number of unbranched alkanes of at least 4 members (excludes halogenated alkanes) is 10. The molecule has 0 aliphatic rings. The number of halogens is 1. The molecular weight excluding hydrogens is 444 g/mol. The number of carbonyl (C=O) groups excluding carboxylic acids is 1. The predicted molar refractivity (Wildman–Crippen MR) is 145 cm³/mol. The summed E-state index contributed by atoms with van der Waals surface area (Å²) < 4.78 is 0. The fourth-order valence-electron chi connectivity index (χ4n) is 4.28. The Morgan fingerprint density at radius 2 is 1.41 bits per heavy atom. The molecule has 0 aromatic heterocycles. The van der Waals surface area contributed by atoms with Crippen LogP contribution in [0.3, 0.4) is 0 Å². The van der Waals surface area contributed by atoms with Gasteiger partial charge in [0.25, 0.3) is 5.91 Å². The van der Waals surface area contributed by atoms with Crippen LogP contribution in [0.15, 0.2) is 18.2 Å². The Balaban J connectivity index is 2.49. The van der Waals surface area contributed by atoms with Crippen LogP contribution in [-0.4, -0.2) is 43.6 Å². The van der Waals surface area contributed by atoms with Crippen molar-refractivity contribution < 1.29 is 9.90 Å². The van der Waals surface area contributed by atoms with E-state index in [0.717, 1.165) is 95.1 Å². The highest BCUT2D eigenvalue weighted by Crippen LogP contribution is 2.21. The van der Waals surface area contributed by atoms with E-state index in [1.165, 1.54) is 38.5 Å². The fourth-order valence-corrected chi connectivity index (χ4v) is 4.45. The van der Waals surface area contributed by atoms with E-state index in [4.69, 9.17) is 11.6 Å². The second-order valence-electron chi connectivity index (χ2n) is 9.54. The molecule has 0 aliphatic carbocycles. The molecule has 4 nitrogen and oxygen atoms in total. The summed E-state index contributed by atoms with van der Waals surface area (Å²) in [7, 11) is 0. The number of hydrogen-bond donors (Lipinski definition) is 1. The maximum Gasteiger partial charge on any atom is 0.254 e. The maximum atomic E-state index is 13.5. The van der Waals surface area contributed by atoms with Gasteiger partial charge in [0.1, 0.15) is 0 Å². The van der Waals surface area contributed by atoms with Gasteiger partial charge in [0.15, 0.2) is 0 Å². The molecule has 0 unspecified atom stereocenters. The first-order chi connectivity index (χ1) is 16.6. The number of rotatable bonds is 22. The normalized spacial score (nSPS) is 11.2. The predicted octanol–water partition coefficient (Wildman–Crippen LogP) is 7.85. The summed E-state index contributed by atoms with van der Waals surface area (Å²) >= 11 is 6.28. The topological polar surface area (TPSA) is 52.2 Å². The summed E-state index contributed by atoms with van der Waals surface area (Å²) in [5, 5.41) is 14.8. The average molecular weight is 494 g/mol. The molecule has 0 saturated carbocycles. The number of carbonyl (C=O) groups is 1. The van der Waals surface area contributed by atoms with Crippen LogP contribution >= 0.6 is 11.6 Å². The minimum atomic E-state index is 0.00658. The van der Waals surface area contributed by atoms with Crippen LogP contribution in [0.4, 0.5) is 0 Å². The van der Waals surface area contributed by atoms with Crippen molar-refractivity contribution in [3.05, 3.63) is 34.3 Å². The summed E-state index contributed by atoms with van der Waals surface area (Å²) in [5.74, 6) is 0.124. The van der Waals surface area contributed by atoms with Crippen LogP contribution < -0.4 is 5.32 Å². The van der Waals surface area contributed by atoms with Crippen LogP contribution in [0.2, 0.25) is 5.02 Å². The van der Waals surface area contributed by atoms with Gasteiger partial charge in [-0.3, -0.25) is 4.79 Å². The first-order valence-corrected chi connectivity index (χ1v) is 14.4.